The molecule has 3 aromatic rings. The van der Waals surface area contributed by atoms with Gasteiger partial charge in [0.2, 0.25) is 0 Å². The molecule has 0 spiro atoms. The number of nitrogens with zero attached hydrogens (tertiary/aromatic N) is 2. The number of benzene rings is 2. The summed E-state index contributed by atoms with van der Waals surface area (Å²) in [6.45, 7) is 0. The number of rotatable bonds is 3. The first kappa shape index (κ1) is 13.4. The van der Waals surface area contributed by atoms with E-state index in [2.05, 4.69) is 5.10 Å². The second kappa shape index (κ2) is 5.42. The van der Waals surface area contributed by atoms with Crippen molar-refractivity contribution in [1.29, 1.82) is 0 Å². The fourth-order valence-electron chi connectivity index (χ4n) is 2.05. The van der Waals surface area contributed by atoms with E-state index < -0.39 is 5.97 Å². The molecule has 0 radical (unpaired) electrons. The number of hydrogen-bond acceptors (Lipinski definition) is 2. The van der Waals surface area contributed by atoms with Crippen molar-refractivity contribution in [2.75, 3.05) is 0 Å². The normalized spacial score (nSPS) is 10.5. The van der Waals surface area contributed by atoms with Crippen LogP contribution >= 0.6 is 11.6 Å². The molecule has 0 aliphatic rings. The second-order valence-electron chi connectivity index (χ2n) is 4.51. The Morgan fingerprint density at radius 2 is 1.90 bits per heavy atom. The molecular weight excluding hydrogens is 288 g/mol. The van der Waals surface area contributed by atoms with E-state index in [0.29, 0.717) is 10.7 Å². The van der Waals surface area contributed by atoms with Crippen LogP contribution in [0.3, 0.4) is 0 Å². The predicted octanol–water partition coefficient (Wildman–Crippen LogP) is 3.89. The van der Waals surface area contributed by atoms with Crippen LogP contribution in [0.2, 0.25) is 5.02 Å². The number of carboxylic acid groups (broad SMARTS) is 1. The molecular formula is C16H11ClN2O2. The van der Waals surface area contributed by atoms with Gasteiger partial charge in [-0.2, -0.15) is 5.10 Å². The molecule has 1 N–H and O–H groups in total. The van der Waals surface area contributed by atoms with E-state index in [9.17, 15) is 4.79 Å². The number of hydrogen-bond donors (Lipinski definition) is 1. The lowest BCUT2D eigenvalue weighted by Crippen LogP contribution is -1.97. The fraction of sp³-hybridized carbons (Fsp3) is 0. The summed E-state index contributed by atoms with van der Waals surface area (Å²) in [5.41, 5.74) is 2.56. The van der Waals surface area contributed by atoms with Crippen LogP contribution in [0.4, 0.5) is 0 Å². The summed E-state index contributed by atoms with van der Waals surface area (Å²) in [7, 11) is 0. The minimum atomic E-state index is -0.953. The van der Waals surface area contributed by atoms with Gasteiger partial charge in [0.05, 0.1) is 16.9 Å². The smallest absolute Gasteiger partial charge is 0.335 e. The van der Waals surface area contributed by atoms with E-state index in [0.717, 1.165) is 11.3 Å². The summed E-state index contributed by atoms with van der Waals surface area (Å²) in [5.74, 6) is -0.953. The maximum atomic E-state index is 11.0. The first-order chi connectivity index (χ1) is 10.1. The summed E-state index contributed by atoms with van der Waals surface area (Å²) >= 11 is 5.97. The van der Waals surface area contributed by atoms with Crippen LogP contribution in [0.5, 0.6) is 0 Å². The van der Waals surface area contributed by atoms with Gasteiger partial charge in [-0.3, -0.25) is 0 Å². The van der Waals surface area contributed by atoms with Crippen LogP contribution in [0.1, 0.15) is 10.4 Å². The Kier molecular flexibility index (Phi) is 3.46. The molecule has 0 fully saturated rings. The van der Waals surface area contributed by atoms with Gasteiger partial charge in [-0.05, 0) is 36.4 Å². The molecule has 0 aliphatic carbocycles. The summed E-state index contributed by atoms with van der Waals surface area (Å²) in [5, 5.41) is 14.1. The molecule has 0 saturated heterocycles. The lowest BCUT2D eigenvalue weighted by molar-refractivity contribution is 0.0697. The summed E-state index contributed by atoms with van der Waals surface area (Å²) in [4.78, 5) is 11.0. The minimum absolute atomic E-state index is 0.241. The largest absolute Gasteiger partial charge is 0.478 e. The third kappa shape index (κ3) is 2.80. The molecule has 1 heterocycles. The van der Waals surface area contributed by atoms with Crippen LogP contribution in [0.15, 0.2) is 60.8 Å². The number of aromatic carboxylic acids is 1. The lowest BCUT2D eigenvalue weighted by atomic mass is 10.1. The Labute approximate surface area is 126 Å². The van der Waals surface area contributed by atoms with Crippen molar-refractivity contribution in [2.24, 2.45) is 0 Å². The Balaban J connectivity index is 1.98. The average molecular weight is 299 g/mol. The topological polar surface area (TPSA) is 55.1 Å². The van der Waals surface area contributed by atoms with E-state index in [1.807, 2.05) is 36.5 Å². The SMILES string of the molecule is O=C(O)c1cccc(-c2ccn(-c3cccc(Cl)c3)n2)c1. The maximum Gasteiger partial charge on any atom is 0.335 e. The predicted molar refractivity (Wildman–Crippen MR) is 81.0 cm³/mol. The standard InChI is InChI=1S/C16H11ClN2O2/c17-13-5-2-6-14(10-13)19-8-7-15(18-19)11-3-1-4-12(9-11)16(20)21/h1-10H,(H,20,21). The molecule has 0 unspecified atom stereocenters. The van der Waals surface area contributed by atoms with E-state index in [-0.39, 0.29) is 5.56 Å². The molecule has 0 saturated carbocycles. The molecule has 0 atom stereocenters. The second-order valence-corrected chi connectivity index (χ2v) is 4.95. The zero-order valence-corrected chi connectivity index (χ0v) is 11.7. The third-order valence-corrected chi connectivity index (χ3v) is 3.30. The molecule has 21 heavy (non-hydrogen) atoms. The fourth-order valence-corrected chi connectivity index (χ4v) is 2.24. The van der Waals surface area contributed by atoms with Crippen molar-refractivity contribution in [2.45, 2.75) is 0 Å². The number of carboxylic acids is 1. The number of halogens is 1. The highest BCUT2D eigenvalue weighted by Gasteiger charge is 2.08. The lowest BCUT2D eigenvalue weighted by Gasteiger charge is -2.02. The highest BCUT2D eigenvalue weighted by molar-refractivity contribution is 6.30. The van der Waals surface area contributed by atoms with Gasteiger partial charge in [-0.15, -0.1) is 0 Å². The Morgan fingerprint density at radius 3 is 2.67 bits per heavy atom. The van der Waals surface area contributed by atoms with Crippen LogP contribution in [-0.4, -0.2) is 20.9 Å². The molecule has 4 nitrogen and oxygen atoms in total. The van der Waals surface area contributed by atoms with Gasteiger partial charge < -0.3 is 5.11 Å². The summed E-state index contributed by atoms with van der Waals surface area (Å²) in [6, 6.07) is 15.9. The van der Waals surface area contributed by atoms with Crippen molar-refractivity contribution >= 4 is 17.6 Å². The molecule has 0 aliphatic heterocycles. The van der Waals surface area contributed by atoms with Crippen molar-refractivity contribution in [3.05, 3.63) is 71.4 Å². The monoisotopic (exact) mass is 298 g/mol. The zero-order valence-electron chi connectivity index (χ0n) is 10.9. The molecule has 1 aromatic heterocycles. The van der Waals surface area contributed by atoms with E-state index >= 15 is 0 Å². The highest BCUT2D eigenvalue weighted by Crippen LogP contribution is 2.21. The Bertz CT molecular complexity index is 811. The van der Waals surface area contributed by atoms with Crippen LogP contribution < -0.4 is 0 Å². The maximum absolute atomic E-state index is 11.0. The Morgan fingerprint density at radius 1 is 1.10 bits per heavy atom. The average Bonchev–Trinajstić information content (AvgIpc) is 2.97. The first-order valence-electron chi connectivity index (χ1n) is 6.29. The number of aromatic nitrogens is 2. The van der Waals surface area contributed by atoms with Gasteiger partial charge in [0, 0.05) is 16.8 Å². The van der Waals surface area contributed by atoms with Crippen molar-refractivity contribution in [1.82, 2.24) is 9.78 Å². The van der Waals surface area contributed by atoms with Gasteiger partial charge in [-0.25, -0.2) is 9.48 Å². The molecule has 2 aromatic carbocycles. The minimum Gasteiger partial charge on any atom is -0.478 e. The van der Waals surface area contributed by atoms with Gasteiger partial charge >= 0.3 is 5.97 Å². The Hall–Kier alpha value is -2.59. The van der Waals surface area contributed by atoms with Crippen molar-refractivity contribution < 1.29 is 9.90 Å². The van der Waals surface area contributed by atoms with Gasteiger partial charge in [0.15, 0.2) is 0 Å². The van der Waals surface area contributed by atoms with Crippen molar-refractivity contribution in [3.63, 3.8) is 0 Å². The van der Waals surface area contributed by atoms with Gasteiger partial charge in [0.1, 0.15) is 0 Å². The highest BCUT2D eigenvalue weighted by atomic mass is 35.5. The molecule has 104 valence electrons. The van der Waals surface area contributed by atoms with Crippen LogP contribution in [-0.2, 0) is 0 Å². The molecule has 0 bridgehead atoms. The third-order valence-electron chi connectivity index (χ3n) is 3.07. The van der Waals surface area contributed by atoms with Crippen molar-refractivity contribution in [3.8, 4) is 16.9 Å². The first-order valence-corrected chi connectivity index (χ1v) is 6.66. The van der Waals surface area contributed by atoms with Crippen LogP contribution in [0.25, 0.3) is 16.9 Å². The van der Waals surface area contributed by atoms with E-state index in [4.69, 9.17) is 16.7 Å². The van der Waals surface area contributed by atoms with Gasteiger partial charge in [-0.1, -0.05) is 29.8 Å². The summed E-state index contributed by atoms with van der Waals surface area (Å²) in [6.07, 6.45) is 1.81. The molecule has 0 amide bonds. The van der Waals surface area contributed by atoms with Gasteiger partial charge in [0.25, 0.3) is 0 Å². The van der Waals surface area contributed by atoms with E-state index in [1.165, 1.54) is 0 Å². The molecule has 3 rings (SSSR count). The van der Waals surface area contributed by atoms with Crippen LogP contribution in [0, 0.1) is 0 Å². The number of carbonyl (C=O) groups is 1. The zero-order chi connectivity index (χ0) is 14.8. The molecule has 5 heteroatoms. The van der Waals surface area contributed by atoms with E-state index in [1.54, 1.807) is 28.9 Å². The quantitative estimate of drug-likeness (QED) is 0.798. The summed E-state index contributed by atoms with van der Waals surface area (Å²) < 4.78 is 1.70.